The minimum atomic E-state index is -0.758. The lowest BCUT2D eigenvalue weighted by atomic mass is 10.1. The number of pyridine rings is 1. The summed E-state index contributed by atoms with van der Waals surface area (Å²) in [7, 11) is 0. The predicted molar refractivity (Wildman–Crippen MR) is 98.3 cm³/mol. The van der Waals surface area contributed by atoms with Gasteiger partial charge in [-0.1, -0.05) is 18.2 Å². The van der Waals surface area contributed by atoms with Crippen molar-refractivity contribution in [1.29, 1.82) is 0 Å². The normalized spacial score (nSPS) is 10.3. The zero-order chi connectivity index (χ0) is 19.4. The number of benzene rings is 2. The highest BCUT2D eigenvalue weighted by atomic mass is 19.1. The van der Waals surface area contributed by atoms with Crippen molar-refractivity contribution in [2.75, 3.05) is 10.6 Å². The van der Waals surface area contributed by atoms with Crippen molar-refractivity contribution in [3.63, 3.8) is 0 Å². The number of hydrogen-bond acceptors (Lipinski definition) is 4. The molecule has 0 radical (unpaired) electrons. The number of rotatable bonds is 5. The Balaban J connectivity index is 1.80. The number of anilines is 3. The zero-order valence-electron chi connectivity index (χ0n) is 14.3. The van der Waals surface area contributed by atoms with Gasteiger partial charge in [-0.15, -0.1) is 0 Å². The molecular formula is C20H15F2N3O2. The number of carbonyl (C=O) groups excluding carboxylic acids is 2. The fourth-order valence-corrected chi connectivity index (χ4v) is 2.41. The molecule has 0 saturated heterocycles. The topological polar surface area (TPSA) is 71.1 Å². The van der Waals surface area contributed by atoms with Gasteiger partial charge in [-0.25, -0.2) is 8.78 Å². The SMILES string of the molecule is CC(=O)c1cccc(NC(=O)c2cncc(Nc3c(F)cccc3F)c2)c1. The van der Waals surface area contributed by atoms with Crippen LogP contribution in [0.2, 0.25) is 0 Å². The number of amides is 1. The highest BCUT2D eigenvalue weighted by Gasteiger charge is 2.12. The Bertz CT molecular complexity index is 1000. The number of nitrogens with zero attached hydrogens (tertiary/aromatic N) is 1. The second-order valence-electron chi connectivity index (χ2n) is 5.78. The van der Waals surface area contributed by atoms with Gasteiger partial charge in [0.15, 0.2) is 5.78 Å². The third kappa shape index (κ3) is 4.33. The first-order chi connectivity index (χ1) is 12.9. The van der Waals surface area contributed by atoms with Gasteiger partial charge in [0, 0.05) is 17.4 Å². The summed E-state index contributed by atoms with van der Waals surface area (Å²) in [6.07, 6.45) is 2.67. The smallest absolute Gasteiger partial charge is 0.257 e. The minimum Gasteiger partial charge on any atom is -0.349 e. The first-order valence-corrected chi connectivity index (χ1v) is 8.02. The Morgan fingerprint density at radius 2 is 1.56 bits per heavy atom. The Kier molecular flexibility index (Phi) is 5.21. The molecule has 0 aliphatic carbocycles. The molecule has 0 atom stereocenters. The summed E-state index contributed by atoms with van der Waals surface area (Å²) >= 11 is 0. The second-order valence-corrected chi connectivity index (χ2v) is 5.78. The highest BCUT2D eigenvalue weighted by Crippen LogP contribution is 2.23. The number of Topliss-reactive ketones (excluding diaryl/α,β-unsaturated/α-hetero) is 1. The maximum Gasteiger partial charge on any atom is 0.257 e. The third-order valence-corrected chi connectivity index (χ3v) is 3.76. The lowest BCUT2D eigenvalue weighted by Crippen LogP contribution is -2.13. The van der Waals surface area contributed by atoms with Crippen LogP contribution < -0.4 is 10.6 Å². The van der Waals surface area contributed by atoms with Crippen molar-refractivity contribution in [1.82, 2.24) is 4.98 Å². The quantitative estimate of drug-likeness (QED) is 0.649. The standard InChI is InChI=1S/C20H15F2N3O2/c1-12(26)13-4-2-5-15(8-13)25-20(27)14-9-16(11-23-10-14)24-19-17(21)6-3-7-18(19)22/h2-11,24H,1H3,(H,25,27). The van der Waals surface area contributed by atoms with Crippen molar-refractivity contribution in [3.8, 4) is 0 Å². The number of carbonyl (C=O) groups is 2. The fraction of sp³-hybridized carbons (Fsp3) is 0.0500. The van der Waals surface area contributed by atoms with Crippen molar-refractivity contribution < 1.29 is 18.4 Å². The molecule has 27 heavy (non-hydrogen) atoms. The number of halogens is 2. The Hall–Kier alpha value is -3.61. The summed E-state index contributed by atoms with van der Waals surface area (Å²) in [6.45, 7) is 1.43. The number of nitrogens with one attached hydrogen (secondary N) is 2. The van der Waals surface area contributed by atoms with Crippen LogP contribution in [0.3, 0.4) is 0 Å². The van der Waals surface area contributed by atoms with E-state index in [-0.39, 0.29) is 22.7 Å². The van der Waals surface area contributed by atoms with Gasteiger partial charge in [0.1, 0.15) is 17.3 Å². The molecule has 2 N–H and O–H groups in total. The molecule has 0 spiro atoms. The molecule has 0 fully saturated rings. The molecule has 1 aromatic heterocycles. The van der Waals surface area contributed by atoms with E-state index >= 15 is 0 Å². The van der Waals surface area contributed by atoms with E-state index in [2.05, 4.69) is 15.6 Å². The molecule has 136 valence electrons. The van der Waals surface area contributed by atoms with Crippen LogP contribution in [0.15, 0.2) is 60.9 Å². The summed E-state index contributed by atoms with van der Waals surface area (Å²) in [6, 6.07) is 11.4. The molecule has 7 heteroatoms. The summed E-state index contributed by atoms with van der Waals surface area (Å²) in [5, 5.41) is 5.25. The molecule has 0 aliphatic heterocycles. The van der Waals surface area contributed by atoms with Crippen molar-refractivity contribution in [3.05, 3.63) is 83.7 Å². The Labute approximate surface area is 154 Å². The van der Waals surface area contributed by atoms with E-state index < -0.39 is 17.5 Å². The average Bonchev–Trinajstić information content (AvgIpc) is 2.65. The van der Waals surface area contributed by atoms with Gasteiger partial charge < -0.3 is 10.6 Å². The van der Waals surface area contributed by atoms with Crippen LogP contribution in [0.25, 0.3) is 0 Å². The van der Waals surface area contributed by atoms with Crippen LogP contribution in [0.4, 0.5) is 25.8 Å². The molecule has 0 aliphatic rings. The summed E-state index contributed by atoms with van der Waals surface area (Å²) in [4.78, 5) is 27.8. The van der Waals surface area contributed by atoms with E-state index in [1.165, 1.54) is 31.5 Å². The molecule has 1 heterocycles. The highest BCUT2D eigenvalue weighted by molar-refractivity contribution is 6.05. The van der Waals surface area contributed by atoms with Crippen LogP contribution in [-0.2, 0) is 0 Å². The lowest BCUT2D eigenvalue weighted by Gasteiger charge is -2.10. The fourth-order valence-electron chi connectivity index (χ4n) is 2.41. The van der Waals surface area contributed by atoms with E-state index in [0.717, 1.165) is 12.1 Å². The number of para-hydroxylation sites is 1. The first kappa shape index (κ1) is 18.2. The van der Waals surface area contributed by atoms with Gasteiger partial charge in [-0.2, -0.15) is 0 Å². The van der Waals surface area contributed by atoms with Gasteiger partial charge in [0.2, 0.25) is 0 Å². The zero-order valence-corrected chi connectivity index (χ0v) is 14.3. The van der Waals surface area contributed by atoms with Crippen molar-refractivity contribution >= 4 is 28.8 Å². The summed E-state index contributed by atoms with van der Waals surface area (Å²) in [5.41, 5.74) is 1.03. The molecule has 0 bridgehead atoms. The number of hydrogen-bond donors (Lipinski definition) is 2. The minimum absolute atomic E-state index is 0.120. The molecule has 3 aromatic rings. The van der Waals surface area contributed by atoms with E-state index in [1.807, 2.05) is 0 Å². The summed E-state index contributed by atoms with van der Waals surface area (Å²) in [5.74, 6) is -2.11. The van der Waals surface area contributed by atoms with Crippen molar-refractivity contribution in [2.24, 2.45) is 0 Å². The monoisotopic (exact) mass is 367 g/mol. The maximum atomic E-state index is 13.8. The molecule has 0 unspecified atom stereocenters. The van der Waals surface area contributed by atoms with Gasteiger partial charge in [-0.05, 0) is 37.3 Å². The van der Waals surface area contributed by atoms with Gasteiger partial charge in [-0.3, -0.25) is 14.6 Å². The molecule has 1 amide bonds. The van der Waals surface area contributed by atoms with Crippen LogP contribution in [0.5, 0.6) is 0 Å². The lowest BCUT2D eigenvalue weighted by molar-refractivity contribution is 0.101. The largest absolute Gasteiger partial charge is 0.349 e. The average molecular weight is 367 g/mol. The molecular weight excluding hydrogens is 352 g/mol. The van der Waals surface area contributed by atoms with E-state index in [1.54, 1.807) is 24.3 Å². The summed E-state index contributed by atoms with van der Waals surface area (Å²) < 4.78 is 27.5. The second kappa shape index (κ2) is 7.74. The van der Waals surface area contributed by atoms with Crippen LogP contribution >= 0.6 is 0 Å². The molecule has 0 saturated carbocycles. The van der Waals surface area contributed by atoms with Gasteiger partial charge in [0.25, 0.3) is 5.91 Å². The first-order valence-electron chi connectivity index (χ1n) is 8.02. The molecule has 5 nitrogen and oxygen atoms in total. The van der Waals surface area contributed by atoms with E-state index in [9.17, 15) is 18.4 Å². The van der Waals surface area contributed by atoms with Crippen molar-refractivity contribution in [2.45, 2.75) is 6.92 Å². The number of aromatic nitrogens is 1. The van der Waals surface area contributed by atoms with Crippen LogP contribution in [-0.4, -0.2) is 16.7 Å². The van der Waals surface area contributed by atoms with Crippen LogP contribution in [0, 0.1) is 11.6 Å². The van der Waals surface area contributed by atoms with Gasteiger partial charge >= 0.3 is 0 Å². The van der Waals surface area contributed by atoms with Crippen LogP contribution in [0.1, 0.15) is 27.6 Å². The van der Waals surface area contributed by atoms with E-state index in [4.69, 9.17) is 0 Å². The third-order valence-electron chi connectivity index (χ3n) is 3.76. The Morgan fingerprint density at radius 1 is 0.889 bits per heavy atom. The van der Waals surface area contributed by atoms with Gasteiger partial charge in [0.05, 0.1) is 17.4 Å². The Morgan fingerprint density at radius 3 is 2.26 bits per heavy atom. The van der Waals surface area contributed by atoms with E-state index in [0.29, 0.717) is 11.3 Å². The molecule has 3 rings (SSSR count). The predicted octanol–water partition coefficient (Wildman–Crippen LogP) is 4.56. The maximum absolute atomic E-state index is 13.8. The molecule has 2 aromatic carbocycles. The number of ketones is 1.